The first-order chi connectivity index (χ1) is 12.8. The Morgan fingerprint density at radius 1 is 0.964 bits per heavy atom. The van der Waals surface area contributed by atoms with Crippen molar-refractivity contribution < 1.29 is 13.7 Å². The van der Waals surface area contributed by atoms with Crippen molar-refractivity contribution in [3.8, 4) is 0 Å². The summed E-state index contributed by atoms with van der Waals surface area (Å²) in [7, 11) is -1.52. The van der Waals surface area contributed by atoms with Crippen LogP contribution in [0.4, 0.5) is 16.2 Å². The summed E-state index contributed by atoms with van der Waals surface area (Å²) in [6, 6.07) is -0.442. The molecule has 1 amide bonds. The molecule has 0 saturated heterocycles. The Morgan fingerprint density at radius 2 is 1.50 bits per heavy atom. The molecule has 0 bridgehead atoms. The highest BCUT2D eigenvalue weighted by atomic mass is 32.2. The van der Waals surface area contributed by atoms with Crippen LogP contribution < -0.4 is 26.2 Å². The summed E-state index contributed by atoms with van der Waals surface area (Å²) in [5.74, 6) is 0. The van der Waals surface area contributed by atoms with Crippen molar-refractivity contribution >= 4 is 28.5 Å². The molecule has 2 rings (SSSR count). The highest BCUT2D eigenvalue weighted by Gasteiger charge is 2.33. The Morgan fingerprint density at radius 3 is 2.04 bits per heavy atom. The normalized spacial score (nSPS) is 21.8. The molecular formula is C19H31N3O5S. The number of hydrogen-bond acceptors (Lipinski definition) is 6. The number of amides is 1. The second-order valence-corrected chi connectivity index (χ2v) is 11.1. The third-order valence-electron chi connectivity index (χ3n) is 4.46. The molecule has 1 aliphatic rings. The van der Waals surface area contributed by atoms with Gasteiger partial charge in [-0.05, 0) is 54.4 Å². The van der Waals surface area contributed by atoms with Crippen molar-refractivity contribution in [2.75, 3.05) is 10.0 Å². The van der Waals surface area contributed by atoms with Crippen LogP contribution >= 0.6 is 0 Å². The highest BCUT2D eigenvalue weighted by molar-refractivity contribution is 7.87. The molecule has 0 radical (unpaired) electrons. The molecule has 8 nitrogen and oxygen atoms in total. The molecule has 158 valence electrons. The van der Waals surface area contributed by atoms with Gasteiger partial charge in [-0.15, -0.1) is 0 Å². The van der Waals surface area contributed by atoms with Gasteiger partial charge in [0.2, 0.25) is 0 Å². The summed E-state index contributed by atoms with van der Waals surface area (Å²) >= 11 is 0. The Labute approximate surface area is 168 Å². The lowest BCUT2D eigenvalue weighted by Gasteiger charge is -2.34. The molecule has 3 N–H and O–H groups in total. The molecule has 1 aliphatic carbocycles. The Kier molecular flexibility index (Phi) is 6.58. The van der Waals surface area contributed by atoms with Crippen molar-refractivity contribution in [2.24, 2.45) is 0 Å². The number of carbonyl (C=O) groups is 1. The molecule has 28 heavy (non-hydrogen) atoms. The summed E-state index contributed by atoms with van der Waals surface area (Å²) in [6.07, 6.45) is 2.85. The molecule has 1 fully saturated rings. The molecule has 1 aromatic carbocycles. The van der Waals surface area contributed by atoms with Gasteiger partial charge in [0.25, 0.3) is 10.9 Å². The van der Waals surface area contributed by atoms with Crippen molar-refractivity contribution in [3.05, 3.63) is 20.4 Å². The summed E-state index contributed by atoms with van der Waals surface area (Å²) in [5.41, 5.74) is -1.71. The fourth-order valence-electron chi connectivity index (χ4n) is 2.99. The van der Waals surface area contributed by atoms with E-state index in [1.54, 1.807) is 41.5 Å². The second-order valence-electron chi connectivity index (χ2n) is 9.18. The number of anilines is 2. The Balaban J connectivity index is 2.12. The first kappa shape index (κ1) is 22.4. The fourth-order valence-corrected chi connectivity index (χ4v) is 3.68. The van der Waals surface area contributed by atoms with E-state index in [1.165, 1.54) is 0 Å². The average Bonchev–Trinajstić information content (AvgIpc) is 2.56. The number of hydrogen-bond donors (Lipinski definition) is 3. The van der Waals surface area contributed by atoms with E-state index in [0.29, 0.717) is 0 Å². The van der Waals surface area contributed by atoms with E-state index >= 15 is 0 Å². The van der Waals surface area contributed by atoms with Crippen molar-refractivity contribution in [2.45, 2.75) is 89.7 Å². The fraction of sp³-hybridized carbons (Fsp3) is 0.737. The van der Waals surface area contributed by atoms with Crippen LogP contribution in [0.3, 0.4) is 0 Å². The monoisotopic (exact) mass is 413 g/mol. The summed E-state index contributed by atoms with van der Waals surface area (Å²) < 4.78 is 19.7. The van der Waals surface area contributed by atoms with Crippen LogP contribution in [0.5, 0.6) is 0 Å². The van der Waals surface area contributed by atoms with Crippen LogP contribution in [0.15, 0.2) is 9.59 Å². The van der Waals surface area contributed by atoms with Gasteiger partial charge in [-0.1, -0.05) is 12.8 Å². The van der Waals surface area contributed by atoms with Gasteiger partial charge in [0.05, 0.1) is 10.8 Å². The number of ether oxygens (including phenoxy) is 1. The predicted octanol–water partition coefficient (Wildman–Crippen LogP) is 2.40. The minimum atomic E-state index is -1.52. The lowest BCUT2D eigenvalue weighted by Crippen LogP contribution is -2.51. The van der Waals surface area contributed by atoms with E-state index in [4.69, 9.17) is 4.74 Å². The molecule has 1 saturated carbocycles. The second kappa shape index (κ2) is 8.23. The molecular weight excluding hydrogens is 382 g/mol. The quantitative estimate of drug-likeness (QED) is 0.639. The Bertz CT molecular complexity index is 815. The van der Waals surface area contributed by atoms with E-state index in [1.807, 2.05) is 0 Å². The van der Waals surface area contributed by atoms with E-state index in [-0.39, 0.29) is 23.5 Å². The molecule has 0 unspecified atom stereocenters. The SMILES string of the molecule is CC(C)(C)OC(=O)N[C@@H]1CCCC[C@H]1Nc1c(N[S@@](=O)C(C)(C)C)c(=O)c1=O. The molecule has 1 aromatic rings. The van der Waals surface area contributed by atoms with Crippen LogP contribution in [0.25, 0.3) is 0 Å². The maximum atomic E-state index is 12.3. The first-order valence-corrected chi connectivity index (χ1v) is 10.7. The van der Waals surface area contributed by atoms with Crippen molar-refractivity contribution in [1.29, 1.82) is 0 Å². The maximum absolute atomic E-state index is 12.3. The zero-order valence-electron chi connectivity index (χ0n) is 17.4. The van der Waals surface area contributed by atoms with Crippen molar-refractivity contribution in [1.82, 2.24) is 5.32 Å². The van der Waals surface area contributed by atoms with Crippen LogP contribution in [0.2, 0.25) is 0 Å². The number of alkyl carbamates (subject to hydrolysis) is 1. The third kappa shape index (κ3) is 5.56. The lowest BCUT2D eigenvalue weighted by atomic mass is 9.90. The number of rotatable bonds is 5. The minimum absolute atomic E-state index is 0.0554. The van der Waals surface area contributed by atoms with Gasteiger partial charge in [0.15, 0.2) is 0 Å². The van der Waals surface area contributed by atoms with Gasteiger partial charge in [0.1, 0.15) is 28.0 Å². The standard InChI is InChI=1S/C19H31N3O5S/c1-18(2,3)27-17(25)21-12-10-8-7-9-11(12)20-13-14(16(24)15(13)23)22-28(26)19(4,5)6/h11-12,20,22H,7-10H2,1-6H3,(H,21,25)/t11-,12-,28+/m1/s1. The molecule has 9 heteroatoms. The maximum Gasteiger partial charge on any atom is 0.407 e. The highest BCUT2D eigenvalue weighted by Crippen LogP contribution is 2.26. The van der Waals surface area contributed by atoms with Gasteiger partial charge < -0.3 is 15.4 Å². The first-order valence-electron chi connectivity index (χ1n) is 9.57. The average molecular weight is 414 g/mol. The van der Waals surface area contributed by atoms with Crippen LogP contribution in [0.1, 0.15) is 67.2 Å². The van der Waals surface area contributed by atoms with Crippen LogP contribution in [0, 0.1) is 0 Å². The Hall–Kier alpha value is -1.90. The zero-order chi connectivity index (χ0) is 21.3. The van der Waals surface area contributed by atoms with Crippen molar-refractivity contribution in [3.63, 3.8) is 0 Å². The molecule has 0 aromatic heterocycles. The topological polar surface area (TPSA) is 114 Å². The third-order valence-corrected chi connectivity index (χ3v) is 5.96. The van der Waals surface area contributed by atoms with Gasteiger partial charge >= 0.3 is 6.09 Å². The van der Waals surface area contributed by atoms with Gasteiger partial charge in [-0.2, -0.15) is 0 Å². The minimum Gasteiger partial charge on any atom is -0.444 e. The summed E-state index contributed by atoms with van der Waals surface area (Å²) in [6.45, 7) is 10.7. The molecule has 0 heterocycles. The zero-order valence-corrected chi connectivity index (χ0v) is 18.2. The lowest BCUT2D eigenvalue weighted by molar-refractivity contribution is 0.0488. The molecule has 0 aliphatic heterocycles. The molecule has 3 atom stereocenters. The van der Waals surface area contributed by atoms with E-state index < -0.39 is 38.3 Å². The number of nitrogens with one attached hydrogen (secondary N) is 3. The van der Waals surface area contributed by atoms with E-state index in [9.17, 15) is 18.6 Å². The van der Waals surface area contributed by atoms with E-state index in [0.717, 1.165) is 25.7 Å². The van der Waals surface area contributed by atoms with Gasteiger partial charge in [-0.25, -0.2) is 9.00 Å². The largest absolute Gasteiger partial charge is 0.444 e. The smallest absolute Gasteiger partial charge is 0.407 e. The predicted molar refractivity (Wildman–Crippen MR) is 112 cm³/mol. The van der Waals surface area contributed by atoms with Gasteiger partial charge in [-0.3, -0.25) is 14.3 Å². The summed E-state index contributed by atoms with van der Waals surface area (Å²) in [4.78, 5) is 36.2. The molecule has 0 spiro atoms. The van der Waals surface area contributed by atoms with E-state index in [2.05, 4.69) is 15.4 Å². The van der Waals surface area contributed by atoms with Gasteiger partial charge in [0, 0.05) is 6.04 Å². The summed E-state index contributed by atoms with van der Waals surface area (Å²) in [5, 5.41) is 5.96. The van der Waals surface area contributed by atoms with Crippen LogP contribution in [-0.4, -0.2) is 32.7 Å². The van der Waals surface area contributed by atoms with Crippen LogP contribution in [-0.2, 0) is 15.7 Å². The number of carbonyl (C=O) groups excluding carboxylic acids is 1.